The summed E-state index contributed by atoms with van der Waals surface area (Å²) in [4.78, 5) is 6.62. The molecule has 0 aliphatic rings. The number of hydrogen-bond acceptors (Lipinski definition) is 2. The quantitative estimate of drug-likeness (QED) is 0.405. The number of nitrogens with one attached hydrogen (secondary N) is 2. The van der Waals surface area contributed by atoms with Crippen LogP contribution in [0.1, 0.15) is 5.69 Å². The number of nitrogens with two attached hydrogens (primary N) is 1. The number of imidazole rings is 1. The molecule has 52 valence electrons. The minimum Gasteiger partial charge on any atom is -0.384 e. The van der Waals surface area contributed by atoms with Gasteiger partial charge in [-0.1, -0.05) is 0 Å². The van der Waals surface area contributed by atoms with Crippen molar-refractivity contribution < 1.29 is 0 Å². The number of H-pyrrole nitrogens is 1. The molecule has 1 rings (SSSR count). The van der Waals surface area contributed by atoms with Gasteiger partial charge < -0.3 is 10.7 Å². The number of hydrogen-bond donors (Lipinski definition) is 3. The Balaban J connectivity index is 2.64. The van der Waals surface area contributed by atoms with Crippen molar-refractivity contribution in [1.82, 2.24) is 9.97 Å². The number of rotatable bonds is 2. The van der Waals surface area contributed by atoms with Gasteiger partial charge in [0.2, 0.25) is 0 Å². The maximum atomic E-state index is 6.85. The fourth-order valence-electron chi connectivity index (χ4n) is 0.537. The summed E-state index contributed by atoms with van der Waals surface area (Å²) in [5.74, 6) is 0.0367. The molecule has 4 nitrogen and oxygen atoms in total. The highest BCUT2D eigenvalue weighted by atomic mass is 14.8. The van der Waals surface area contributed by atoms with E-state index in [0.717, 1.165) is 5.69 Å². The van der Waals surface area contributed by atoms with Gasteiger partial charge in [-0.2, -0.15) is 0 Å². The van der Waals surface area contributed by atoms with Crippen LogP contribution in [0.3, 0.4) is 0 Å². The molecule has 0 fully saturated rings. The van der Waals surface area contributed by atoms with E-state index in [1.807, 2.05) is 0 Å². The molecule has 0 aliphatic heterocycles. The van der Waals surface area contributed by atoms with Crippen LogP contribution in [0.4, 0.5) is 0 Å². The minimum absolute atomic E-state index is 0.0367. The van der Waals surface area contributed by atoms with E-state index >= 15 is 0 Å². The Hall–Kier alpha value is -1.58. The Morgan fingerprint density at radius 3 is 3.10 bits per heavy atom. The van der Waals surface area contributed by atoms with Crippen LogP contribution in [0, 0.1) is 5.41 Å². The highest BCUT2D eigenvalue weighted by Crippen LogP contribution is 1.92. The van der Waals surface area contributed by atoms with Crippen LogP contribution in [0.5, 0.6) is 0 Å². The van der Waals surface area contributed by atoms with Gasteiger partial charge in [0, 0.05) is 0 Å². The molecule has 0 aromatic carbocycles. The third-order valence-electron chi connectivity index (χ3n) is 0.962. The normalized spacial score (nSPS) is 10.4. The van der Waals surface area contributed by atoms with Crippen LogP contribution in [-0.4, -0.2) is 15.8 Å². The van der Waals surface area contributed by atoms with E-state index < -0.39 is 0 Å². The zero-order chi connectivity index (χ0) is 7.40. The number of amidine groups is 1. The van der Waals surface area contributed by atoms with E-state index in [4.69, 9.17) is 11.1 Å². The van der Waals surface area contributed by atoms with E-state index in [-0.39, 0.29) is 5.84 Å². The first-order valence-corrected chi connectivity index (χ1v) is 2.79. The summed E-state index contributed by atoms with van der Waals surface area (Å²) in [7, 11) is 0. The lowest BCUT2D eigenvalue weighted by molar-refractivity contribution is 1.31. The third kappa shape index (κ3) is 1.74. The first-order chi connectivity index (χ1) is 4.79. The first-order valence-electron chi connectivity index (χ1n) is 2.79. The zero-order valence-corrected chi connectivity index (χ0v) is 5.33. The maximum Gasteiger partial charge on any atom is 0.115 e. The average Bonchev–Trinajstić information content (AvgIpc) is 2.34. The summed E-state index contributed by atoms with van der Waals surface area (Å²) in [6.45, 7) is 0. The fourth-order valence-corrected chi connectivity index (χ4v) is 0.537. The lowest BCUT2D eigenvalue weighted by atomic mass is 10.4. The van der Waals surface area contributed by atoms with E-state index in [1.165, 1.54) is 6.08 Å². The van der Waals surface area contributed by atoms with Crippen molar-refractivity contribution in [2.24, 2.45) is 5.73 Å². The topological polar surface area (TPSA) is 78.6 Å². The van der Waals surface area contributed by atoms with Gasteiger partial charge in [-0.15, -0.1) is 0 Å². The van der Waals surface area contributed by atoms with Crippen LogP contribution in [0.2, 0.25) is 0 Å². The van der Waals surface area contributed by atoms with Crippen LogP contribution >= 0.6 is 0 Å². The van der Waals surface area contributed by atoms with Crippen LogP contribution < -0.4 is 5.73 Å². The second-order valence-corrected chi connectivity index (χ2v) is 1.80. The molecule has 1 aromatic rings. The molecule has 0 amide bonds. The highest BCUT2D eigenvalue weighted by molar-refractivity contribution is 5.92. The van der Waals surface area contributed by atoms with Crippen molar-refractivity contribution in [3.05, 3.63) is 24.3 Å². The number of nitrogens with zero attached hydrogens (tertiary/aromatic N) is 1. The molecule has 0 unspecified atom stereocenters. The molecule has 1 heterocycles. The SMILES string of the molecule is N=C(N)/C=C/c1cnc[nH]1. The molecule has 0 saturated carbocycles. The van der Waals surface area contributed by atoms with E-state index in [0.29, 0.717) is 0 Å². The van der Waals surface area contributed by atoms with Gasteiger partial charge >= 0.3 is 0 Å². The second-order valence-electron chi connectivity index (χ2n) is 1.80. The third-order valence-corrected chi connectivity index (χ3v) is 0.962. The molecule has 10 heavy (non-hydrogen) atoms. The lowest BCUT2D eigenvalue weighted by Gasteiger charge is -1.82. The summed E-state index contributed by atoms with van der Waals surface area (Å²) in [5.41, 5.74) is 5.91. The largest absolute Gasteiger partial charge is 0.384 e. The smallest absolute Gasteiger partial charge is 0.115 e. The summed E-state index contributed by atoms with van der Waals surface area (Å²) in [5, 5.41) is 6.85. The summed E-state index contributed by atoms with van der Waals surface area (Å²) in [6, 6.07) is 0. The second kappa shape index (κ2) is 2.82. The van der Waals surface area contributed by atoms with Gasteiger partial charge in [0.1, 0.15) is 5.84 Å². The van der Waals surface area contributed by atoms with Gasteiger partial charge in [-0.3, -0.25) is 5.41 Å². The molecule has 1 aromatic heterocycles. The van der Waals surface area contributed by atoms with Crippen molar-refractivity contribution in [1.29, 1.82) is 5.41 Å². The van der Waals surface area contributed by atoms with Crippen molar-refractivity contribution >= 4 is 11.9 Å². The Morgan fingerprint density at radius 1 is 1.80 bits per heavy atom. The Labute approximate surface area is 58.3 Å². The molecule has 4 N–H and O–H groups in total. The fraction of sp³-hybridized carbons (Fsp3) is 0. The van der Waals surface area contributed by atoms with Gasteiger partial charge in [0.25, 0.3) is 0 Å². The molecule has 0 atom stereocenters. The molecular formula is C6H8N4. The van der Waals surface area contributed by atoms with Crippen molar-refractivity contribution in [2.75, 3.05) is 0 Å². The number of aromatic amines is 1. The lowest BCUT2D eigenvalue weighted by Crippen LogP contribution is -2.03. The van der Waals surface area contributed by atoms with Gasteiger partial charge in [0.05, 0.1) is 18.2 Å². The molecule has 4 heteroatoms. The van der Waals surface area contributed by atoms with Crippen LogP contribution in [0.15, 0.2) is 18.6 Å². The molecule has 0 radical (unpaired) electrons. The van der Waals surface area contributed by atoms with Crippen molar-refractivity contribution in [3.8, 4) is 0 Å². The van der Waals surface area contributed by atoms with Crippen LogP contribution in [-0.2, 0) is 0 Å². The van der Waals surface area contributed by atoms with E-state index in [1.54, 1.807) is 18.6 Å². The van der Waals surface area contributed by atoms with Gasteiger partial charge in [-0.05, 0) is 12.2 Å². The maximum absolute atomic E-state index is 6.85. The summed E-state index contributed by atoms with van der Waals surface area (Å²) < 4.78 is 0. The van der Waals surface area contributed by atoms with E-state index in [9.17, 15) is 0 Å². The molecule has 0 spiro atoms. The standard InChI is InChI=1S/C6H8N4/c7-6(8)2-1-5-3-9-4-10-5/h1-4H,(H3,7,8)(H,9,10)/b2-1+. The molecule has 0 aliphatic carbocycles. The molecular weight excluding hydrogens is 128 g/mol. The van der Waals surface area contributed by atoms with Crippen molar-refractivity contribution in [2.45, 2.75) is 0 Å². The van der Waals surface area contributed by atoms with Gasteiger partial charge in [0.15, 0.2) is 0 Å². The highest BCUT2D eigenvalue weighted by Gasteiger charge is 1.83. The Morgan fingerprint density at radius 2 is 2.60 bits per heavy atom. The predicted molar refractivity (Wildman–Crippen MR) is 39.5 cm³/mol. The Bertz CT molecular complexity index is 234. The average molecular weight is 136 g/mol. The Kier molecular flexibility index (Phi) is 1.84. The summed E-state index contributed by atoms with van der Waals surface area (Å²) >= 11 is 0. The first kappa shape index (κ1) is 6.54. The minimum atomic E-state index is 0.0367. The van der Waals surface area contributed by atoms with Crippen LogP contribution in [0.25, 0.3) is 6.08 Å². The zero-order valence-electron chi connectivity index (χ0n) is 5.33. The van der Waals surface area contributed by atoms with E-state index in [2.05, 4.69) is 9.97 Å². The molecule has 0 bridgehead atoms. The monoisotopic (exact) mass is 136 g/mol. The molecule has 0 saturated heterocycles. The number of aromatic nitrogens is 2. The van der Waals surface area contributed by atoms with Crippen molar-refractivity contribution in [3.63, 3.8) is 0 Å². The summed E-state index contributed by atoms with van der Waals surface area (Å²) in [6.07, 6.45) is 6.40. The predicted octanol–water partition coefficient (Wildman–Crippen LogP) is 0.359. The van der Waals surface area contributed by atoms with Gasteiger partial charge in [-0.25, -0.2) is 4.98 Å².